The number of carbonyl (C=O) groups excluding carboxylic acids is 1. The molecule has 0 spiro atoms. The lowest BCUT2D eigenvalue weighted by Gasteiger charge is -2.11. The minimum atomic E-state index is -0.552. The van der Waals surface area contributed by atoms with Gasteiger partial charge in [0.25, 0.3) is 5.91 Å². The minimum Gasteiger partial charge on any atom is -0.484 e. The van der Waals surface area contributed by atoms with Gasteiger partial charge in [0.2, 0.25) is 0 Å². The number of aromatic nitrogens is 3. The largest absolute Gasteiger partial charge is 0.484 e. The number of rotatable bonds is 5. The van der Waals surface area contributed by atoms with Gasteiger partial charge in [-0.15, -0.1) is 0 Å². The lowest BCUT2D eigenvalue weighted by molar-refractivity contribution is -0.119. The lowest BCUT2D eigenvalue weighted by atomic mass is 9.98. The van der Waals surface area contributed by atoms with E-state index in [9.17, 15) is 10.1 Å². The van der Waals surface area contributed by atoms with Crippen LogP contribution in [0.4, 0.5) is 5.82 Å². The molecule has 8 heteroatoms. The molecule has 0 fully saturated rings. The van der Waals surface area contributed by atoms with Gasteiger partial charge < -0.3 is 16.2 Å². The van der Waals surface area contributed by atoms with Crippen LogP contribution >= 0.6 is 0 Å². The fourth-order valence-corrected chi connectivity index (χ4v) is 2.78. The molecule has 1 amide bonds. The number of nitriles is 1. The first-order valence-electron chi connectivity index (χ1n) is 8.12. The maximum Gasteiger partial charge on any atom is 0.255 e. The quantitative estimate of drug-likeness (QED) is 0.711. The molecule has 136 valence electrons. The Labute approximate surface area is 156 Å². The molecule has 0 saturated carbocycles. The number of nitrogens with zero attached hydrogens (tertiary/aromatic N) is 4. The summed E-state index contributed by atoms with van der Waals surface area (Å²) >= 11 is 0. The fraction of sp³-hybridized carbons (Fsp3) is 0.158. The number of ether oxygens (including phenoxy) is 1. The van der Waals surface area contributed by atoms with E-state index in [-0.39, 0.29) is 12.4 Å². The van der Waals surface area contributed by atoms with E-state index in [0.717, 1.165) is 16.8 Å². The Hall–Kier alpha value is -3.86. The fourth-order valence-electron chi connectivity index (χ4n) is 2.78. The number of aryl methyl sites for hydroxylation is 2. The van der Waals surface area contributed by atoms with Gasteiger partial charge in [0.1, 0.15) is 23.2 Å². The average molecular weight is 362 g/mol. The third kappa shape index (κ3) is 3.72. The number of benzene rings is 1. The van der Waals surface area contributed by atoms with E-state index >= 15 is 0 Å². The molecule has 0 aliphatic heterocycles. The van der Waals surface area contributed by atoms with Crippen molar-refractivity contribution in [1.29, 1.82) is 5.26 Å². The molecule has 0 saturated heterocycles. The van der Waals surface area contributed by atoms with Crippen LogP contribution in [0.3, 0.4) is 0 Å². The van der Waals surface area contributed by atoms with Crippen LogP contribution in [0.5, 0.6) is 5.75 Å². The number of carbonyl (C=O) groups is 1. The molecule has 3 aromatic rings. The van der Waals surface area contributed by atoms with Crippen molar-refractivity contribution in [2.45, 2.75) is 6.92 Å². The van der Waals surface area contributed by atoms with Crippen molar-refractivity contribution < 1.29 is 9.53 Å². The van der Waals surface area contributed by atoms with E-state index < -0.39 is 5.91 Å². The van der Waals surface area contributed by atoms with E-state index in [1.165, 1.54) is 0 Å². The summed E-state index contributed by atoms with van der Waals surface area (Å²) in [5.41, 5.74) is 15.1. The molecule has 0 radical (unpaired) electrons. The van der Waals surface area contributed by atoms with Crippen LogP contribution in [0.15, 0.2) is 36.5 Å². The van der Waals surface area contributed by atoms with Gasteiger partial charge in [-0.2, -0.15) is 10.4 Å². The average Bonchev–Trinajstić information content (AvgIpc) is 2.98. The summed E-state index contributed by atoms with van der Waals surface area (Å²) in [5, 5.41) is 13.8. The smallest absolute Gasteiger partial charge is 0.255 e. The second-order valence-corrected chi connectivity index (χ2v) is 6.01. The highest BCUT2D eigenvalue weighted by Gasteiger charge is 2.16. The Bertz CT molecular complexity index is 1050. The number of pyridine rings is 1. The van der Waals surface area contributed by atoms with Crippen LogP contribution in [-0.2, 0) is 11.8 Å². The zero-order chi connectivity index (χ0) is 19.6. The predicted molar refractivity (Wildman–Crippen MR) is 100 cm³/mol. The molecule has 2 heterocycles. The number of nitrogen functional groups attached to an aromatic ring is 1. The summed E-state index contributed by atoms with van der Waals surface area (Å²) in [6.07, 6.45) is 1.85. The van der Waals surface area contributed by atoms with Crippen molar-refractivity contribution in [3.8, 4) is 34.2 Å². The molecular weight excluding hydrogens is 344 g/mol. The normalized spacial score (nSPS) is 10.4. The van der Waals surface area contributed by atoms with Crippen molar-refractivity contribution in [2.24, 2.45) is 12.8 Å². The first-order valence-corrected chi connectivity index (χ1v) is 8.12. The predicted octanol–water partition coefficient (Wildman–Crippen LogP) is 1.78. The molecule has 27 heavy (non-hydrogen) atoms. The van der Waals surface area contributed by atoms with Crippen LogP contribution in [-0.4, -0.2) is 27.3 Å². The molecule has 0 aliphatic rings. The van der Waals surface area contributed by atoms with Crippen molar-refractivity contribution in [1.82, 2.24) is 14.8 Å². The molecule has 0 atom stereocenters. The van der Waals surface area contributed by atoms with E-state index in [0.29, 0.717) is 22.6 Å². The van der Waals surface area contributed by atoms with Crippen LogP contribution < -0.4 is 16.2 Å². The summed E-state index contributed by atoms with van der Waals surface area (Å²) in [7, 11) is 1.83. The second-order valence-electron chi connectivity index (χ2n) is 6.01. The minimum absolute atomic E-state index is 0.155. The van der Waals surface area contributed by atoms with E-state index in [2.05, 4.69) is 16.2 Å². The Balaban J connectivity index is 2.05. The van der Waals surface area contributed by atoms with E-state index in [1.54, 1.807) is 28.9 Å². The van der Waals surface area contributed by atoms with E-state index in [4.69, 9.17) is 16.2 Å². The number of primary amides is 1. The second kappa shape index (κ2) is 7.17. The zero-order valence-corrected chi connectivity index (χ0v) is 14.9. The van der Waals surface area contributed by atoms with Gasteiger partial charge in [-0.25, -0.2) is 4.98 Å². The Morgan fingerprint density at radius 3 is 2.56 bits per heavy atom. The highest BCUT2D eigenvalue weighted by Crippen LogP contribution is 2.32. The number of anilines is 1. The first-order chi connectivity index (χ1) is 12.9. The van der Waals surface area contributed by atoms with Crippen molar-refractivity contribution in [2.75, 3.05) is 12.3 Å². The third-order valence-corrected chi connectivity index (χ3v) is 4.00. The molecule has 4 N–H and O–H groups in total. The van der Waals surface area contributed by atoms with Crippen LogP contribution in [0.25, 0.3) is 22.4 Å². The number of amides is 1. The van der Waals surface area contributed by atoms with Crippen molar-refractivity contribution in [3.63, 3.8) is 0 Å². The van der Waals surface area contributed by atoms with Gasteiger partial charge in [0.15, 0.2) is 6.61 Å². The van der Waals surface area contributed by atoms with Gasteiger partial charge in [-0.05, 0) is 30.7 Å². The highest BCUT2D eigenvalue weighted by atomic mass is 16.5. The van der Waals surface area contributed by atoms with Gasteiger partial charge in [0.05, 0.1) is 11.4 Å². The SMILES string of the molecule is Cc1nn(C)cc1-c1cc(-c2ccc(OCC(N)=O)cc2)c(C#N)c(N)n1. The zero-order valence-electron chi connectivity index (χ0n) is 14.9. The Morgan fingerprint density at radius 1 is 1.30 bits per heavy atom. The van der Waals surface area contributed by atoms with Gasteiger partial charge in [-0.3, -0.25) is 9.48 Å². The molecule has 0 unspecified atom stereocenters. The highest BCUT2D eigenvalue weighted by molar-refractivity contribution is 5.80. The molecule has 8 nitrogen and oxygen atoms in total. The van der Waals surface area contributed by atoms with Crippen molar-refractivity contribution >= 4 is 11.7 Å². The molecular formula is C19H18N6O2. The molecule has 0 bridgehead atoms. The molecule has 3 rings (SSSR count). The standard InChI is InChI=1S/C19H18N6O2/c1-11-16(9-25(2)24-11)17-7-14(15(8-20)19(22)23-17)12-3-5-13(6-4-12)27-10-18(21)26/h3-7,9H,10H2,1-2H3,(H2,21,26)(H2,22,23). The van der Waals surface area contributed by atoms with Crippen molar-refractivity contribution in [3.05, 3.63) is 47.8 Å². The first kappa shape index (κ1) is 17.9. The Kier molecular flexibility index (Phi) is 4.77. The van der Waals surface area contributed by atoms with Gasteiger partial charge in [0, 0.05) is 24.4 Å². The summed E-state index contributed by atoms with van der Waals surface area (Å²) in [5.74, 6) is 0.105. The summed E-state index contributed by atoms with van der Waals surface area (Å²) in [4.78, 5) is 15.2. The molecule has 0 aliphatic carbocycles. The maximum atomic E-state index is 10.8. The number of hydrogen-bond donors (Lipinski definition) is 2. The summed E-state index contributed by atoms with van der Waals surface area (Å²) in [6.45, 7) is 1.69. The maximum absolute atomic E-state index is 10.8. The van der Waals surface area contributed by atoms with Crippen LogP contribution in [0, 0.1) is 18.3 Å². The van der Waals surface area contributed by atoms with Crippen LogP contribution in [0.1, 0.15) is 11.3 Å². The third-order valence-electron chi connectivity index (χ3n) is 4.00. The summed E-state index contributed by atoms with van der Waals surface area (Å²) < 4.78 is 6.96. The number of hydrogen-bond acceptors (Lipinski definition) is 6. The summed E-state index contributed by atoms with van der Waals surface area (Å²) in [6, 6.07) is 10.9. The molecule has 2 aromatic heterocycles. The number of nitrogens with two attached hydrogens (primary N) is 2. The monoisotopic (exact) mass is 362 g/mol. The topological polar surface area (TPSA) is 133 Å². The van der Waals surface area contributed by atoms with Gasteiger partial charge in [-0.1, -0.05) is 12.1 Å². The molecule has 1 aromatic carbocycles. The van der Waals surface area contributed by atoms with E-state index in [1.807, 2.05) is 26.2 Å². The van der Waals surface area contributed by atoms with Gasteiger partial charge >= 0.3 is 0 Å². The van der Waals surface area contributed by atoms with Crippen LogP contribution in [0.2, 0.25) is 0 Å². The lowest BCUT2D eigenvalue weighted by Crippen LogP contribution is -2.19. The Morgan fingerprint density at radius 2 is 2.00 bits per heavy atom.